The zero-order valence-corrected chi connectivity index (χ0v) is 15.6. The van der Waals surface area contributed by atoms with Crippen molar-refractivity contribution in [3.63, 3.8) is 0 Å². The van der Waals surface area contributed by atoms with Crippen molar-refractivity contribution in [2.75, 3.05) is 32.8 Å². The van der Waals surface area contributed by atoms with Crippen LogP contribution in [0.25, 0.3) is 0 Å². The molecule has 1 fully saturated rings. The van der Waals surface area contributed by atoms with Gasteiger partial charge in [0, 0.05) is 30.9 Å². The molecule has 1 N–H and O–H groups in total. The third-order valence-electron chi connectivity index (χ3n) is 4.49. The number of morpholine rings is 1. The first-order chi connectivity index (χ1) is 12.1. The molecule has 0 radical (unpaired) electrons. The minimum atomic E-state index is 0.0479. The molecule has 0 bridgehead atoms. The molecule has 1 atom stereocenters. The number of hydrogen-bond donors (Lipinski definition) is 1. The molecular formula is C18H25N3O3S. The summed E-state index contributed by atoms with van der Waals surface area (Å²) in [5.74, 6) is 1.85. The third kappa shape index (κ3) is 4.90. The molecule has 1 saturated heterocycles. The predicted molar refractivity (Wildman–Crippen MR) is 96.8 cm³/mol. The number of amides is 1. The summed E-state index contributed by atoms with van der Waals surface area (Å²) in [6.07, 6.45) is 1.22. The van der Waals surface area contributed by atoms with Gasteiger partial charge in [0.25, 0.3) is 0 Å². The maximum Gasteiger partial charge on any atom is 0.220 e. The average molecular weight is 363 g/mol. The first kappa shape index (κ1) is 18.1. The molecule has 1 amide bonds. The SMILES string of the molecule is Cc1ccc([C@H](CNC(=O)CCc2scnc2C)N2CCOCC2)o1. The first-order valence-corrected chi connectivity index (χ1v) is 9.55. The third-order valence-corrected chi connectivity index (χ3v) is 5.49. The second kappa shape index (κ2) is 8.60. The molecule has 0 aliphatic carbocycles. The lowest BCUT2D eigenvalue weighted by molar-refractivity contribution is -0.121. The standard InChI is InChI=1S/C18H25N3O3S/c1-13-3-4-16(24-13)15(21-7-9-23-10-8-21)11-19-18(22)6-5-17-14(2)20-12-25-17/h3-4,12,15H,5-11H2,1-2H3,(H,19,22)/t15-/m0/s1. The Morgan fingerprint density at radius 2 is 2.16 bits per heavy atom. The maximum atomic E-state index is 12.3. The van der Waals surface area contributed by atoms with Crippen molar-refractivity contribution in [2.45, 2.75) is 32.7 Å². The quantitative estimate of drug-likeness (QED) is 0.818. The van der Waals surface area contributed by atoms with Crippen LogP contribution in [0.5, 0.6) is 0 Å². The monoisotopic (exact) mass is 363 g/mol. The predicted octanol–water partition coefficient (Wildman–Crippen LogP) is 2.48. The van der Waals surface area contributed by atoms with Gasteiger partial charge in [-0.1, -0.05) is 0 Å². The smallest absolute Gasteiger partial charge is 0.220 e. The molecule has 0 aromatic carbocycles. The van der Waals surface area contributed by atoms with Crippen LogP contribution < -0.4 is 5.32 Å². The van der Waals surface area contributed by atoms with Crippen molar-refractivity contribution in [3.05, 3.63) is 39.7 Å². The summed E-state index contributed by atoms with van der Waals surface area (Å²) in [6.45, 7) is 7.60. The zero-order valence-electron chi connectivity index (χ0n) is 14.8. The lowest BCUT2D eigenvalue weighted by Crippen LogP contribution is -2.43. The van der Waals surface area contributed by atoms with Crippen molar-refractivity contribution < 1.29 is 13.9 Å². The van der Waals surface area contributed by atoms with Gasteiger partial charge in [0.2, 0.25) is 5.91 Å². The summed E-state index contributed by atoms with van der Waals surface area (Å²) < 4.78 is 11.3. The van der Waals surface area contributed by atoms with E-state index in [1.165, 1.54) is 4.88 Å². The molecule has 2 aromatic heterocycles. The van der Waals surface area contributed by atoms with E-state index in [1.54, 1.807) is 11.3 Å². The van der Waals surface area contributed by atoms with Gasteiger partial charge in [0.15, 0.2) is 0 Å². The van der Waals surface area contributed by atoms with Crippen LogP contribution in [0.2, 0.25) is 0 Å². The summed E-state index contributed by atoms with van der Waals surface area (Å²) in [6, 6.07) is 4.02. The Bertz CT molecular complexity index is 691. The van der Waals surface area contributed by atoms with Gasteiger partial charge in [0.05, 0.1) is 30.5 Å². The van der Waals surface area contributed by atoms with E-state index < -0.39 is 0 Å². The number of carbonyl (C=O) groups is 1. The van der Waals surface area contributed by atoms with E-state index in [9.17, 15) is 4.79 Å². The van der Waals surface area contributed by atoms with Crippen LogP contribution in [-0.2, 0) is 16.0 Å². The topological polar surface area (TPSA) is 67.6 Å². The van der Waals surface area contributed by atoms with E-state index in [-0.39, 0.29) is 11.9 Å². The molecule has 25 heavy (non-hydrogen) atoms. The summed E-state index contributed by atoms with van der Waals surface area (Å²) >= 11 is 1.61. The second-order valence-corrected chi connectivity index (χ2v) is 7.22. The van der Waals surface area contributed by atoms with Crippen LogP contribution in [0.1, 0.15) is 34.6 Å². The number of carbonyl (C=O) groups excluding carboxylic acids is 1. The van der Waals surface area contributed by atoms with Crippen LogP contribution in [0, 0.1) is 13.8 Å². The van der Waals surface area contributed by atoms with Gasteiger partial charge in [-0.25, -0.2) is 4.98 Å². The Balaban J connectivity index is 1.56. The molecule has 136 valence electrons. The highest BCUT2D eigenvalue weighted by Crippen LogP contribution is 2.23. The van der Waals surface area contributed by atoms with E-state index in [4.69, 9.17) is 9.15 Å². The number of aryl methyl sites for hydroxylation is 3. The highest BCUT2D eigenvalue weighted by atomic mass is 32.1. The van der Waals surface area contributed by atoms with Crippen LogP contribution in [0.15, 0.2) is 22.1 Å². The second-order valence-electron chi connectivity index (χ2n) is 6.28. The lowest BCUT2D eigenvalue weighted by Gasteiger charge is -2.33. The van der Waals surface area contributed by atoms with Crippen molar-refractivity contribution >= 4 is 17.2 Å². The number of aromatic nitrogens is 1. The molecule has 0 spiro atoms. The number of ether oxygens (including phenoxy) is 1. The summed E-state index contributed by atoms with van der Waals surface area (Å²) in [7, 11) is 0. The minimum Gasteiger partial charge on any atom is -0.465 e. The number of rotatable bonds is 7. The fourth-order valence-electron chi connectivity index (χ4n) is 3.02. The number of hydrogen-bond acceptors (Lipinski definition) is 6. The number of thiazole rings is 1. The Morgan fingerprint density at radius 1 is 1.36 bits per heavy atom. The highest BCUT2D eigenvalue weighted by Gasteiger charge is 2.25. The van der Waals surface area contributed by atoms with E-state index in [2.05, 4.69) is 15.2 Å². The van der Waals surface area contributed by atoms with Crippen LogP contribution in [0.3, 0.4) is 0 Å². The number of furan rings is 1. The largest absolute Gasteiger partial charge is 0.465 e. The van der Waals surface area contributed by atoms with Gasteiger partial charge < -0.3 is 14.5 Å². The fraction of sp³-hybridized carbons (Fsp3) is 0.556. The summed E-state index contributed by atoms with van der Waals surface area (Å²) in [5.41, 5.74) is 2.85. The van der Waals surface area contributed by atoms with Crippen LogP contribution in [-0.4, -0.2) is 48.6 Å². The molecule has 7 heteroatoms. The van der Waals surface area contributed by atoms with Crippen molar-refractivity contribution in [1.29, 1.82) is 0 Å². The Morgan fingerprint density at radius 3 is 2.80 bits per heavy atom. The van der Waals surface area contributed by atoms with Crippen LogP contribution in [0.4, 0.5) is 0 Å². The summed E-state index contributed by atoms with van der Waals surface area (Å²) in [5, 5.41) is 3.07. The van der Waals surface area contributed by atoms with Crippen LogP contribution >= 0.6 is 11.3 Å². The van der Waals surface area contributed by atoms with Gasteiger partial charge in [-0.2, -0.15) is 0 Å². The Labute approximate surface area is 152 Å². The summed E-state index contributed by atoms with van der Waals surface area (Å²) in [4.78, 5) is 20.0. The maximum absolute atomic E-state index is 12.3. The fourth-order valence-corrected chi connectivity index (χ4v) is 3.80. The molecule has 2 aromatic rings. The number of nitrogens with one attached hydrogen (secondary N) is 1. The molecule has 3 heterocycles. The Kier molecular flexibility index (Phi) is 6.23. The Hall–Kier alpha value is -1.70. The highest BCUT2D eigenvalue weighted by molar-refractivity contribution is 7.09. The van der Waals surface area contributed by atoms with Crippen molar-refractivity contribution in [2.24, 2.45) is 0 Å². The number of nitrogens with zero attached hydrogens (tertiary/aromatic N) is 2. The van der Waals surface area contributed by atoms with Crippen molar-refractivity contribution in [3.8, 4) is 0 Å². The van der Waals surface area contributed by atoms with E-state index in [1.807, 2.05) is 31.5 Å². The molecule has 1 aliphatic heterocycles. The lowest BCUT2D eigenvalue weighted by atomic mass is 10.1. The van der Waals surface area contributed by atoms with E-state index in [0.29, 0.717) is 13.0 Å². The van der Waals surface area contributed by atoms with Gasteiger partial charge in [0.1, 0.15) is 11.5 Å². The average Bonchev–Trinajstić information content (AvgIpc) is 3.22. The van der Waals surface area contributed by atoms with E-state index >= 15 is 0 Å². The van der Waals surface area contributed by atoms with Gasteiger partial charge in [-0.3, -0.25) is 9.69 Å². The molecule has 3 rings (SSSR count). The minimum absolute atomic E-state index is 0.0479. The van der Waals surface area contributed by atoms with E-state index in [0.717, 1.165) is 49.9 Å². The van der Waals surface area contributed by atoms with Crippen molar-refractivity contribution in [1.82, 2.24) is 15.2 Å². The normalized spacial score (nSPS) is 16.7. The molecule has 1 aliphatic rings. The zero-order chi connectivity index (χ0) is 17.6. The molecule has 0 saturated carbocycles. The van der Waals surface area contributed by atoms with Gasteiger partial charge >= 0.3 is 0 Å². The molecular weight excluding hydrogens is 338 g/mol. The molecule has 0 unspecified atom stereocenters. The first-order valence-electron chi connectivity index (χ1n) is 8.67. The van der Waals surface area contributed by atoms with Gasteiger partial charge in [-0.15, -0.1) is 11.3 Å². The molecule has 6 nitrogen and oxygen atoms in total. The van der Waals surface area contributed by atoms with Gasteiger partial charge in [-0.05, 0) is 32.4 Å².